The van der Waals surface area contributed by atoms with Gasteiger partial charge in [-0.1, -0.05) is 23.7 Å². The zero-order valence-corrected chi connectivity index (χ0v) is 14.8. The second-order valence-corrected chi connectivity index (χ2v) is 6.27. The highest BCUT2D eigenvalue weighted by Crippen LogP contribution is 2.16. The molecule has 0 atom stereocenters. The molecular weight excluding hydrogens is 386 g/mol. The molecule has 2 N–H and O–H groups in total. The molecule has 0 radical (unpaired) electrons. The molecule has 0 fully saturated rings. The van der Waals surface area contributed by atoms with E-state index in [0.717, 1.165) is 15.7 Å². The van der Waals surface area contributed by atoms with Crippen LogP contribution in [0.2, 0.25) is 5.02 Å². The molecule has 114 valence electrons. The van der Waals surface area contributed by atoms with Crippen molar-refractivity contribution in [2.75, 3.05) is 5.32 Å². The molecule has 22 heavy (non-hydrogen) atoms. The average Bonchev–Trinajstić information content (AvgIpc) is 2.45. The molecule has 0 unspecified atom stereocenters. The van der Waals surface area contributed by atoms with E-state index in [2.05, 4.69) is 31.5 Å². The van der Waals surface area contributed by atoms with Crippen molar-refractivity contribution < 1.29 is 4.79 Å². The van der Waals surface area contributed by atoms with Gasteiger partial charge in [-0.15, -0.1) is 0 Å². The predicted octanol–water partition coefficient (Wildman–Crippen LogP) is 3.86. The van der Waals surface area contributed by atoms with Crippen LogP contribution in [-0.4, -0.2) is 16.0 Å². The van der Waals surface area contributed by atoms with E-state index in [-0.39, 0.29) is 17.4 Å². The summed E-state index contributed by atoms with van der Waals surface area (Å²) in [6.45, 7) is 1.87. The van der Waals surface area contributed by atoms with Gasteiger partial charge in [0.25, 0.3) is 0 Å². The molecule has 0 saturated heterocycles. The van der Waals surface area contributed by atoms with E-state index in [1.807, 2.05) is 13.0 Å². The number of thiocarbonyl (C=S) groups is 1. The molecule has 2 rings (SSSR count). The van der Waals surface area contributed by atoms with Crippen LogP contribution in [0.3, 0.4) is 0 Å². The summed E-state index contributed by atoms with van der Waals surface area (Å²) in [5.41, 5.74) is 1.70. The Balaban J connectivity index is 1.89. The lowest BCUT2D eigenvalue weighted by atomic mass is 10.1. The Bertz CT molecular complexity index is 706. The molecule has 0 spiro atoms. The minimum atomic E-state index is -0.200. The van der Waals surface area contributed by atoms with Crippen LogP contribution in [0.25, 0.3) is 0 Å². The lowest BCUT2D eigenvalue weighted by Gasteiger charge is -2.10. The number of aromatic nitrogens is 1. The van der Waals surface area contributed by atoms with Crippen LogP contribution < -0.4 is 10.6 Å². The van der Waals surface area contributed by atoms with Gasteiger partial charge in [-0.05, 0) is 64.9 Å². The van der Waals surface area contributed by atoms with Crippen molar-refractivity contribution in [2.45, 2.75) is 13.3 Å². The first-order valence-electron chi connectivity index (χ1n) is 6.42. The number of hydrogen-bond donors (Lipinski definition) is 2. The third-order valence-corrected chi connectivity index (χ3v) is 4.09. The number of hydrogen-bond acceptors (Lipinski definition) is 3. The van der Waals surface area contributed by atoms with Crippen LogP contribution in [0.15, 0.2) is 40.9 Å². The molecule has 0 saturated carbocycles. The van der Waals surface area contributed by atoms with Crippen LogP contribution in [0.4, 0.5) is 5.82 Å². The smallest absolute Gasteiger partial charge is 0.230 e. The van der Waals surface area contributed by atoms with Gasteiger partial charge in [-0.25, -0.2) is 4.98 Å². The van der Waals surface area contributed by atoms with Crippen LogP contribution in [-0.2, 0) is 11.2 Å². The largest absolute Gasteiger partial charge is 0.317 e. The Morgan fingerprint density at radius 3 is 2.59 bits per heavy atom. The van der Waals surface area contributed by atoms with E-state index in [1.165, 1.54) is 0 Å². The monoisotopic (exact) mass is 397 g/mol. The van der Waals surface area contributed by atoms with E-state index < -0.39 is 0 Å². The molecule has 1 aromatic heterocycles. The highest BCUT2D eigenvalue weighted by molar-refractivity contribution is 9.10. The number of carbonyl (C=O) groups is 1. The van der Waals surface area contributed by atoms with Crippen LogP contribution in [0.1, 0.15) is 11.3 Å². The quantitative estimate of drug-likeness (QED) is 0.771. The maximum atomic E-state index is 11.9. The highest BCUT2D eigenvalue weighted by Gasteiger charge is 2.07. The maximum Gasteiger partial charge on any atom is 0.230 e. The van der Waals surface area contributed by atoms with Gasteiger partial charge in [0.15, 0.2) is 5.11 Å². The molecule has 1 heterocycles. The number of anilines is 1. The first kappa shape index (κ1) is 16.9. The molecule has 2 aromatic rings. The molecule has 0 aliphatic carbocycles. The van der Waals surface area contributed by atoms with Gasteiger partial charge in [0.1, 0.15) is 5.82 Å². The van der Waals surface area contributed by atoms with Crippen molar-refractivity contribution in [3.05, 3.63) is 57.2 Å². The summed E-state index contributed by atoms with van der Waals surface area (Å²) in [5, 5.41) is 6.36. The first-order chi connectivity index (χ1) is 10.4. The van der Waals surface area contributed by atoms with Crippen molar-refractivity contribution in [1.82, 2.24) is 10.3 Å². The second kappa shape index (κ2) is 7.67. The number of nitrogens with one attached hydrogen (secondary N) is 2. The number of aryl methyl sites for hydroxylation is 1. The number of benzene rings is 1. The summed E-state index contributed by atoms with van der Waals surface area (Å²) >= 11 is 14.3. The maximum absolute atomic E-state index is 11.9. The molecule has 7 heteroatoms. The zero-order valence-electron chi connectivity index (χ0n) is 11.7. The van der Waals surface area contributed by atoms with E-state index in [9.17, 15) is 4.79 Å². The van der Waals surface area contributed by atoms with E-state index in [4.69, 9.17) is 23.8 Å². The summed E-state index contributed by atoms with van der Waals surface area (Å²) in [5.74, 6) is 0.381. The predicted molar refractivity (Wildman–Crippen MR) is 96.2 cm³/mol. The Labute approximate surface area is 147 Å². The molecular formula is C15H13BrClN3OS. The Morgan fingerprint density at radius 2 is 1.95 bits per heavy atom. The van der Waals surface area contributed by atoms with E-state index in [1.54, 1.807) is 30.3 Å². The topological polar surface area (TPSA) is 54.0 Å². The van der Waals surface area contributed by atoms with Gasteiger partial charge in [0.05, 0.1) is 12.1 Å². The van der Waals surface area contributed by atoms with Gasteiger partial charge < -0.3 is 10.6 Å². The molecule has 0 aliphatic rings. The number of halogens is 2. The first-order valence-corrected chi connectivity index (χ1v) is 8.00. The lowest BCUT2D eigenvalue weighted by Crippen LogP contribution is -2.35. The van der Waals surface area contributed by atoms with Crippen LogP contribution >= 0.6 is 39.7 Å². The molecule has 1 aromatic carbocycles. The average molecular weight is 399 g/mol. The van der Waals surface area contributed by atoms with Crippen molar-refractivity contribution in [1.29, 1.82) is 0 Å². The third-order valence-electron chi connectivity index (χ3n) is 2.79. The second-order valence-electron chi connectivity index (χ2n) is 4.57. The van der Waals surface area contributed by atoms with Crippen molar-refractivity contribution in [2.24, 2.45) is 0 Å². The van der Waals surface area contributed by atoms with Crippen molar-refractivity contribution in [3.63, 3.8) is 0 Å². The highest BCUT2D eigenvalue weighted by atomic mass is 79.9. The molecule has 0 bridgehead atoms. The van der Waals surface area contributed by atoms with E-state index in [0.29, 0.717) is 10.8 Å². The zero-order chi connectivity index (χ0) is 16.1. The molecule has 1 amide bonds. The van der Waals surface area contributed by atoms with E-state index >= 15 is 0 Å². The van der Waals surface area contributed by atoms with Crippen LogP contribution in [0.5, 0.6) is 0 Å². The number of carbonyl (C=O) groups excluding carboxylic acids is 1. The Hall–Kier alpha value is -1.50. The third kappa shape index (κ3) is 5.05. The fraction of sp³-hybridized carbons (Fsp3) is 0.133. The molecule has 4 nitrogen and oxygen atoms in total. The molecule has 0 aliphatic heterocycles. The number of amides is 1. The summed E-state index contributed by atoms with van der Waals surface area (Å²) in [4.78, 5) is 16.2. The SMILES string of the molecule is Cc1nc(NC(=S)NC(=O)Cc2ccc(Cl)cc2)ccc1Br. The summed E-state index contributed by atoms with van der Waals surface area (Å²) < 4.78 is 0.913. The Kier molecular flexibility index (Phi) is 5.88. The standard InChI is InChI=1S/C15H13BrClN3OS/c1-9-12(16)6-7-13(18-9)19-15(22)20-14(21)8-10-2-4-11(17)5-3-10/h2-7H,8H2,1H3,(H2,18,19,20,21,22). The number of nitrogens with zero attached hydrogens (tertiary/aromatic N) is 1. The van der Waals surface area contributed by atoms with Gasteiger partial charge in [0, 0.05) is 9.50 Å². The van der Waals surface area contributed by atoms with Gasteiger partial charge >= 0.3 is 0 Å². The lowest BCUT2D eigenvalue weighted by molar-refractivity contribution is -0.119. The fourth-order valence-electron chi connectivity index (χ4n) is 1.72. The Morgan fingerprint density at radius 1 is 1.27 bits per heavy atom. The van der Waals surface area contributed by atoms with Gasteiger partial charge in [-0.2, -0.15) is 0 Å². The number of pyridine rings is 1. The minimum Gasteiger partial charge on any atom is -0.317 e. The summed E-state index contributed by atoms with van der Waals surface area (Å²) in [6, 6.07) is 10.7. The van der Waals surface area contributed by atoms with Crippen LogP contribution in [0, 0.1) is 6.92 Å². The fourth-order valence-corrected chi connectivity index (χ4v) is 2.28. The normalized spacial score (nSPS) is 10.1. The minimum absolute atomic E-state index is 0.200. The summed E-state index contributed by atoms with van der Waals surface area (Å²) in [7, 11) is 0. The van der Waals surface area contributed by atoms with Crippen molar-refractivity contribution in [3.8, 4) is 0 Å². The summed E-state index contributed by atoms with van der Waals surface area (Å²) in [6.07, 6.45) is 0.228. The van der Waals surface area contributed by atoms with Gasteiger partial charge in [0.2, 0.25) is 5.91 Å². The van der Waals surface area contributed by atoms with Gasteiger partial charge in [-0.3, -0.25) is 4.79 Å². The van der Waals surface area contributed by atoms with Crippen molar-refractivity contribution >= 4 is 56.6 Å². The number of rotatable bonds is 3.